The number of nitrogens with one attached hydrogen (secondary N) is 1. The summed E-state index contributed by atoms with van der Waals surface area (Å²) in [5.74, 6) is 0.417. The Kier molecular flexibility index (Phi) is 8.06. The topological polar surface area (TPSA) is 98.1 Å². The maximum Gasteiger partial charge on any atom is 0.418 e. The fourth-order valence-corrected chi connectivity index (χ4v) is 6.55. The van der Waals surface area contributed by atoms with Gasteiger partial charge >= 0.3 is 12.2 Å². The van der Waals surface area contributed by atoms with Crippen LogP contribution in [0.2, 0.25) is 0 Å². The van der Waals surface area contributed by atoms with Crippen molar-refractivity contribution in [3.8, 4) is 6.01 Å². The first kappa shape index (κ1) is 29.7. The third-order valence-electron chi connectivity index (χ3n) is 8.86. The monoisotopic (exact) mass is 609 g/mol. The third-order valence-corrected chi connectivity index (χ3v) is 8.86. The molecule has 3 aromatic rings. The zero-order chi connectivity index (χ0) is 31.0. The van der Waals surface area contributed by atoms with Gasteiger partial charge in [-0.2, -0.15) is 28.2 Å². The van der Waals surface area contributed by atoms with Crippen LogP contribution in [-0.4, -0.2) is 101 Å². The molecule has 0 radical (unpaired) electrons. The van der Waals surface area contributed by atoms with Crippen molar-refractivity contribution in [3.63, 3.8) is 0 Å². The summed E-state index contributed by atoms with van der Waals surface area (Å²) in [6, 6.07) is 2.52. The first-order valence-corrected chi connectivity index (χ1v) is 14.7. The Labute approximate surface area is 253 Å². The quantitative estimate of drug-likeness (QED) is 0.321. The number of benzene rings is 1. The molecule has 11 nitrogen and oxygen atoms in total. The van der Waals surface area contributed by atoms with Crippen LogP contribution >= 0.6 is 0 Å². The molecule has 14 heteroatoms. The van der Waals surface area contributed by atoms with Gasteiger partial charge in [0.15, 0.2) is 0 Å². The van der Waals surface area contributed by atoms with Crippen LogP contribution in [0.15, 0.2) is 31.0 Å². The van der Waals surface area contributed by atoms with Crippen LogP contribution in [0.25, 0.3) is 15.7 Å². The van der Waals surface area contributed by atoms with Gasteiger partial charge in [0, 0.05) is 43.2 Å². The average molecular weight is 610 g/mol. The second-order valence-corrected chi connectivity index (χ2v) is 11.5. The van der Waals surface area contributed by atoms with Gasteiger partial charge in [0.1, 0.15) is 18.5 Å². The summed E-state index contributed by atoms with van der Waals surface area (Å²) in [6.07, 6.45) is 0.604. The molecule has 44 heavy (non-hydrogen) atoms. The van der Waals surface area contributed by atoms with E-state index in [1.807, 2.05) is 11.9 Å². The minimum absolute atomic E-state index is 0.0679. The molecule has 5 heterocycles. The van der Waals surface area contributed by atoms with E-state index in [1.54, 1.807) is 9.80 Å². The standard InChI is InChI=1S/C30H34F3N9O2/c1-4-26(43)42-13-12-41(16-20(42)14-34-2)28-21-9-11-40(27-22-15-35-38-24(22)8-7-23(27)30(31,32)33)17-25(21)36-29(37-28)44-18-19-6-5-10-39(19)3/h4,7-8,15,19-20H,1,5-6,9-14,16-18H2,3H3,(H,35,38)/t19-,20?/m1/s1. The van der Waals surface area contributed by atoms with Crippen LogP contribution < -0.4 is 14.5 Å². The van der Waals surface area contributed by atoms with E-state index in [-0.39, 0.29) is 42.8 Å². The number of nitrogens with zero attached hydrogens (tertiary/aromatic N) is 8. The van der Waals surface area contributed by atoms with Crippen molar-refractivity contribution in [1.82, 2.24) is 30.0 Å². The molecule has 1 N–H and O–H groups in total. The summed E-state index contributed by atoms with van der Waals surface area (Å²) in [4.78, 5) is 33.3. The summed E-state index contributed by atoms with van der Waals surface area (Å²) >= 11 is 0. The molecule has 2 fully saturated rings. The molecule has 2 aromatic heterocycles. The van der Waals surface area contributed by atoms with Gasteiger partial charge in [0.25, 0.3) is 0 Å². The number of ether oxygens (including phenoxy) is 1. The number of aromatic nitrogens is 4. The summed E-state index contributed by atoms with van der Waals surface area (Å²) in [5, 5.41) is 7.17. The Hall–Kier alpha value is -4.38. The van der Waals surface area contributed by atoms with Crippen LogP contribution in [-0.2, 0) is 23.9 Å². The number of amides is 1. The Morgan fingerprint density at radius 1 is 1.20 bits per heavy atom. The van der Waals surface area contributed by atoms with Crippen molar-refractivity contribution in [1.29, 1.82) is 0 Å². The molecule has 0 saturated carbocycles. The van der Waals surface area contributed by atoms with Crippen LogP contribution in [0.4, 0.5) is 24.7 Å². The minimum Gasteiger partial charge on any atom is -0.462 e. The van der Waals surface area contributed by atoms with Gasteiger partial charge in [-0.15, -0.1) is 0 Å². The second kappa shape index (κ2) is 12.0. The number of aromatic amines is 1. The van der Waals surface area contributed by atoms with Gasteiger partial charge in [-0.3, -0.25) is 9.89 Å². The van der Waals surface area contributed by atoms with Crippen LogP contribution in [0, 0.1) is 6.57 Å². The predicted octanol–water partition coefficient (Wildman–Crippen LogP) is 3.53. The van der Waals surface area contributed by atoms with Gasteiger partial charge in [-0.1, -0.05) is 6.58 Å². The van der Waals surface area contributed by atoms with Gasteiger partial charge in [-0.05, 0) is 51.1 Å². The van der Waals surface area contributed by atoms with Gasteiger partial charge < -0.3 is 29.2 Å². The molecular formula is C30H34F3N9O2. The maximum absolute atomic E-state index is 14.2. The number of hydrogen-bond acceptors (Lipinski definition) is 8. The van der Waals surface area contributed by atoms with Crippen LogP contribution in [0.5, 0.6) is 6.01 Å². The maximum atomic E-state index is 14.2. The summed E-state index contributed by atoms with van der Waals surface area (Å²) < 4.78 is 48.8. The zero-order valence-electron chi connectivity index (χ0n) is 24.5. The lowest BCUT2D eigenvalue weighted by Crippen LogP contribution is -2.56. The molecule has 2 saturated heterocycles. The minimum atomic E-state index is -4.56. The molecule has 1 aromatic carbocycles. The van der Waals surface area contributed by atoms with Crippen molar-refractivity contribution < 1.29 is 22.7 Å². The van der Waals surface area contributed by atoms with E-state index < -0.39 is 11.7 Å². The SMILES string of the molecule is [C-]#[N+]CC1CN(c2nc(OC[C@H]3CCCN3C)nc3c2CCN(c2c(C(F)(F)F)ccc4[nH]ncc24)C3)CCN1C(=O)C=C. The molecule has 0 bridgehead atoms. The number of rotatable bonds is 7. The number of carbonyl (C=O) groups excluding carboxylic acids is 1. The average Bonchev–Trinajstić information content (AvgIpc) is 3.66. The largest absolute Gasteiger partial charge is 0.462 e. The Morgan fingerprint density at radius 3 is 2.77 bits per heavy atom. The van der Waals surface area contributed by atoms with Crippen LogP contribution in [0.3, 0.4) is 0 Å². The Morgan fingerprint density at radius 2 is 2.05 bits per heavy atom. The smallest absolute Gasteiger partial charge is 0.418 e. The number of fused-ring (bicyclic) bond motifs is 2. The lowest BCUT2D eigenvalue weighted by atomic mass is 10.0. The molecule has 3 aliphatic rings. The van der Waals surface area contributed by atoms with Crippen molar-refractivity contribution in [3.05, 3.63) is 59.2 Å². The molecule has 232 valence electrons. The van der Waals surface area contributed by atoms with Gasteiger partial charge in [-0.25, -0.2) is 6.57 Å². The number of carbonyl (C=O) groups is 1. The number of piperazine rings is 1. The number of hydrogen-bond donors (Lipinski definition) is 1. The zero-order valence-corrected chi connectivity index (χ0v) is 24.5. The van der Waals surface area contributed by atoms with Crippen molar-refractivity contribution in [2.75, 3.05) is 62.7 Å². The van der Waals surface area contributed by atoms with Gasteiger partial charge in [0.05, 0.1) is 35.2 Å². The summed E-state index contributed by atoms with van der Waals surface area (Å²) in [7, 11) is 2.05. The number of likely N-dealkylation sites (tertiary alicyclic amines) is 1. The number of H-pyrrole nitrogens is 1. The van der Waals surface area contributed by atoms with E-state index in [2.05, 4.69) is 26.5 Å². The highest BCUT2D eigenvalue weighted by Gasteiger charge is 2.39. The normalized spacial score (nSPS) is 20.9. The first-order chi connectivity index (χ1) is 21.2. The summed E-state index contributed by atoms with van der Waals surface area (Å²) in [6.45, 7) is 14.2. The Balaban J connectivity index is 1.37. The number of alkyl halides is 3. The number of halogens is 3. The van der Waals surface area contributed by atoms with Crippen LogP contribution in [0.1, 0.15) is 29.7 Å². The van der Waals surface area contributed by atoms with E-state index in [9.17, 15) is 18.0 Å². The molecule has 1 unspecified atom stereocenters. The third kappa shape index (κ3) is 5.63. The predicted molar refractivity (Wildman–Crippen MR) is 158 cm³/mol. The van der Waals surface area contributed by atoms with E-state index in [4.69, 9.17) is 21.3 Å². The highest BCUT2D eigenvalue weighted by Crippen LogP contribution is 2.42. The number of likely N-dealkylation sites (N-methyl/N-ethyl adjacent to an activating group) is 1. The second-order valence-electron chi connectivity index (χ2n) is 11.5. The molecule has 0 aliphatic carbocycles. The fraction of sp³-hybridized carbons (Fsp3) is 0.500. The van der Waals surface area contributed by atoms with E-state index in [0.29, 0.717) is 61.6 Å². The molecule has 3 aliphatic heterocycles. The number of anilines is 2. The molecule has 1 amide bonds. The van der Waals surface area contributed by atoms with E-state index in [0.717, 1.165) is 31.0 Å². The van der Waals surface area contributed by atoms with Crippen molar-refractivity contribution in [2.24, 2.45) is 0 Å². The molecule has 0 spiro atoms. The van der Waals surface area contributed by atoms with Crippen molar-refractivity contribution >= 4 is 28.3 Å². The van der Waals surface area contributed by atoms with E-state index >= 15 is 0 Å². The van der Waals surface area contributed by atoms with E-state index in [1.165, 1.54) is 18.3 Å². The Bertz CT molecular complexity index is 1600. The van der Waals surface area contributed by atoms with Crippen molar-refractivity contribution in [2.45, 2.75) is 44.1 Å². The molecule has 6 rings (SSSR count). The molecular weight excluding hydrogens is 575 g/mol. The summed E-state index contributed by atoms with van der Waals surface area (Å²) in [5.41, 5.74) is 1.29. The first-order valence-electron chi connectivity index (χ1n) is 14.7. The highest BCUT2D eigenvalue weighted by atomic mass is 19.4. The van der Waals surface area contributed by atoms with Gasteiger partial charge in [0.2, 0.25) is 12.5 Å². The molecule has 2 atom stereocenters. The fourth-order valence-electron chi connectivity index (χ4n) is 6.55. The highest BCUT2D eigenvalue weighted by molar-refractivity contribution is 5.94. The lowest BCUT2D eigenvalue weighted by molar-refractivity contribution is -0.137. The lowest BCUT2D eigenvalue weighted by Gasteiger charge is -2.41.